The molecule has 1 aromatic carbocycles. The average molecular weight is 267 g/mol. The van der Waals surface area contributed by atoms with Gasteiger partial charge in [0.05, 0.1) is 12.5 Å². The molecule has 0 amide bonds. The molecule has 1 N–H and O–H groups in total. The van der Waals surface area contributed by atoms with Crippen LogP contribution >= 0.6 is 12.4 Å². The van der Waals surface area contributed by atoms with Crippen LogP contribution in [0.2, 0.25) is 0 Å². The molecule has 98 valence electrons. The van der Waals surface area contributed by atoms with Gasteiger partial charge in [-0.3, -0.25) is 5.41 Å². The van der Waals surface area contributed by atoms with Crippen molar-refractivity contribution in [3.8, 4) is 0 Å². The fourth-order valence-electron chi connectivity index (χ4n) is 2.07. The van der Waals surface area contributed by atoms with Gasteiger partial charge in [-0.1, -0.05) is 18.2 Å². The molecular weight excluding hydrogens is 248 g/mol. The largest absolute Gasteiger partial charge is 0.478 e. The van der Waals surface area contributed by atoms with Crippen LogP contribution in [-0.4, -0.2) is 16.6 Å². The fraction of sp³-hybridized carbons (Fsp3) is 0.357. The number of hydrogen-bond donors (Lipinski definition) is 1. The summed E-state index contributed by atoms with van der Waals surface area (Å²) >= 11 is 0. The number of benzene rings is 1. The van der Waals surface area contributed by atoms with Crippen LogP contribution < -0.4 is 0 Å². The Bertz CT molecular complexity index is 546. The minimum atomic E-state index is 0. The maximum absolute atomic E-state index is 7.81. The fourth-order valence-corrected chi connectivity index (χ4v) is 2.07. The van der Waals surface area contributed by atoms with Crippen LogP contribution in [0.3, 0.4) is 0 Å². The van der Waals surface area contributed by atoms with Gasteiger partial charge in [0.25, 0.3) is 0 Å². The summed E-state index contributed by atoms with van der Waals surface area (Å²) in [6, 6.07) is 8.24. The second kappa shape index (κ2) is 5.91. The Morgan fingerprint density at radius 1 is 1.33 bits per heavy atom. The third-order valence-corrected chi connectivity index (χ3v) is 2.71. The molecule has 0 unspecified atom stereocenters. The predicted octanol–water partition coefficient (Wildman–Crippen LogP) is 3.54. The minimum Gasteiger partial charge on any atom is -0.478 e. The van der Waals surface area contributed by atoms with E-state index in [0.29, 0.717) is 12.3 Å². The molecule has 2 aromatic rings. The van der Waals surface area contributed by atoms with Crippen molar-refractivity contribution in [2.24, 2.45) is 7.05 Å². The topological polar surface area (TPSA) is 38.0 Å². The molecule has 0 aliphatic rings. The average Bonchev–Trinajstić information content (AvgIpc) is 2.55. The van der Waals surface area contributed by atoms with E-state index in [-0.39, 0.29) is 18.5 Å². The quantitative estimate of drug-likeness (QED) is 0.670. The summed E-state index contributed by atoms with van der Waals surface area (Å²) in [6.45, 7) is 3.88. The van der Waals surface area contributed by atoms with E-state index in [1.165, 1.54) is 10.9 Å². The molecule has 2 rings (SSSR count). The summed E-state index contributed by atoms with van der Waals surface area (Å²) in [5, 5.41) is 9.01. The smallest absolute Gasteiger partial charge is 0.185 e. The third-order valence-electron chi connectivity index (χ3n) is 2.71. The number of fused-ring (bicyclic) bond motifs is 1. The van der Waals surface area contributed by atoms with Gasteiger partial charge >= 0.3 is 0 Å². The third kappa shape index (κ3) is 3.05. The molecule has 0 radical (unpaired) electrons. The number of rotatable bonds is 3. The van der Waals surface area contributed by atoms with Crippen molar-refractivity contribution in [3.05, 3.63) is 36.0 Å². The van der Waals surface area contributed by atoms with E-state index in [1.807, 2.05) is 33.0 Å². The number of aromatic nitrogens is 1. The van der Waals surface area contributed by atoms with Crippen LogP contribution in [0.4, 0.5) is 0 Å². The van der Waals surface area contributed by atoms with Crippen molar-refractivity contribution < 1.29 is 4.74 Å². The minimum absolute atomic E-state index is 0. The Morgan fingerprint density at radius 3 is 2.67 bits per heavy atom. The maximum Gasteiger partial charge on any atom is 0.185 e. The second-order valence-electron chi connectivity index (χ2n) is 4.55. The summed E-state index contributed by atoms with van der Waals surface area (Å²) in [4.78, 5) is 0. The highest BCUT2D eigenvalue weighted by Crippen LogP contribution is 2.21. The lowest BCUT2D eigenvalue weighted by Crippen LogP contribution is -2.12. The number of ether oxygens (including phenoxy) is 1. The molecule has 0 aliphatic carbocycles. The molecule has 0 saturated carbocycles. The molecule has 1 heterocycles. The van der Waals surface area contributed by atoms with Gasteiger partial charge in [0.2, 0.25) is 0 Å². The molecule has 0 bridgehead atoms. The van der Waals surface area contributed by atoms with E-state index >= 15 is 0 Å². The summed E-state index contributed by atoms with van der Waals surface area (Å²) in [5.74, 6) is 0.330. The molecule has 0 atom stereocenters. The first-order valence-corrected chi connectivity index (χ1v) is 5.85. The molecule has 1 aromatic heterocycles. The Hall–Kier alpha value is -1.48. The molecule has 0 spiro atoms. The van der Waals surface area contributed by atoms with Crippen molar-refractivity contribution in [2.45, 2.75) is 26.4 Å². The Morgan fingerprint density at radius 2 is 2.00 bits per heavy atom. The van der Waals surface area contributed by atoms with E-state index in [9.17, 15) is 0 Å². The van der Waals surface area contributed by atoms with Gasteiger partial charge in [0.1, 0.15) is 0 Å². The van der Waals surface area contributed by atoms with Gasteiger partial charge in [-0.25, -0.2) is 0 Å². The van der Waals surface area contributed by atoms with Gasteiger partial charge < -0.3 is 9.30 Å². The first kappa shape index (κ1) is 14.6. The highest BCUT2D eigenvalue weighted by molar-refractivity contribution is 5.88. The van der Waals surface area contributed by atoms with E-state index < -0.39 is 0 Å². The standard InChI is InChI=1S/C14H18N2O.ClH/c1-10(2)17-14(15)8-11-9-16(3)13-7-5-4-6-12(11)13;/h4-7,9-10,15H,8H2,1-3H3;1H. The number of aryl methyl sites for hydroxylation is 1. The van der Waals surface area contributed by atoms with E-state index in [2.05, 4.69) is 22.9 Å². The van der Waals surface area contributed by atoms with Gasteiger partial charge in [0.15, 0.2) is 5.90 Å². The zero-order valence-electron chi connectivity index (χ0n) is 10.9. The second-order valence-corrected chi connectivity index (χ2v) is 4.55. The monoisotopic (exact) mass is 266 g/mol. The Labute approximate surface area is 114 Å². The van der Waals surface area contributed by atoms with Crippen LogP contribution in [0.5, 0.6) is 0 Å². The first-order chi connectivity index (χ1) is 8.08. The molecule has 0 fully saturated rings. The van der Waals surface area contributed by atoms with E-state index in [0.717, 1.165) is 5.56 Å². The summed E-state index contributed by atoms with van der Waals surface area (Å²) in [5.41, 5.74) is 2.34. The van der Waals surface area contributed by atoms with Crippen LogP contribution in [-0.2, 0) is 18.2 Å². The van der Waals surface area contributed by atoms with Crippen molar-refractivity contribution >= 4 is 29.2 Å². The lowest BCUT2D eigenvalue weighted by molar-refractivity contribution is 0.221. The maximum atomic E-state index is 7.81. The van der Waals surface area contributed by atoms with Crippen LogP contribution in [0.1, 0.15) is 19.4 Å². The molecule has 3 nitrogen and oxygen atoms in total. The van der Waals surface area contributed by atoms with Crippen LogP contribution in [0, 0.1) is 5.41 Å². The summed E-state index contributed by atoms with van der Waals surface area (Å²) < 4.78 is 7.48. The van der Waals surface area contributed by atoms with Gasteiger partial charge in [0, 0.05) is 24.1 Å². The summed E-state index contributed by atoms with van der Waals surface area (Å²) in [6.07, 6.45) is 2.69. The SMILES string of the molecule is CC(C)OC(=N)Cc1cn(C)c2ccccc12.Cl. The molecule has 18 heavy (non-hydrogen) atoms. The van der Waals surface area contributed by atoms with Gasteiger partial charge in [-0.2, -0.15) is 0 Å². The molecule has 4 heteroatoms. The number of halogens is 1. The highest BCUT2D eigenvalue weighted by Gasteiger charge is 2.09. The van der Waals surface area contributed by atoms with Crippen molar-refractivity contribution in [1.29, 1.82) is 5.41 Å². The predicted molar refractivity (Wildman–Crippen MR) is 77.8 cm³/mol. The Balaban J connectivity index is 0.00000162. The number of nitrogens with zero attached hydrogens (tertiary/aromatic N) is 1. The van der Waals surface area contributed by atoms with Crippen LogP contribution in [0.15, 0.2) is 30.5 Å². The van der Waals surface area contributed by atoms with Crippen LogP contribution in [0.25, 0.3) is 10.9 Å². The lowest BCUT2D eigenvalue weighted by atomic mass is 10.1. The lowest BCUT2D eigenvalue weighted by Gasteiger charge is -2.09. The Kier molecular flexibility index (Phi) is 4.79. The van der Waals surface area contributed by atoms with Crippen molar-refractivity contribution in [1.82, 2.24) is 4.57 Å². The highest BCUT2D eigenvalue weighted by atomic mass is 35.5. The number of nitrogens with one attached hydrogen (secondary N) is 1. The normalized spacial score (nSPS) is 10.4. The summed E-state index contributed by atoms with van der Waals surface area (Å²) in [7, 11) is 2.03. The zero-order chi connectivity index (χ0) is 12.4. The van der Waals surface area contributed by atoms with E-state index in [1.54, 1.807) is 0 Å². The zero-order valence-corrected chi connectivity index (χ0v) is 11.8. The number of para-hydroxylation sites is 1. The number of hydrogen-bond acceptors (Lipinski definition) is 2. The first-order valence-electron chi connectivity index (χ1n) is 5.85. The van der Waals surface area contributed by atoms with E-state index in [4.69, 9.17) is 10.1 Å². The van der Waals surface area contributed by atoms with Crippen molar-refractivity contribution in [2.75, 3.05) is 0 Å². The molecule has 0 saturated heterocycles. The van der Waals surface area contributed by atoms with Crippen molar-refractivity contribution in [3.63, 3.8) is 0 Å². The van der Waals surface area contributed by atoms with Gasteiger partial charge in [-0.05, 0) is 25.5 Å². The van der Waals surface area contributed by atoms with Gasteiger partial charge in [-0.15, -0.1) is 12.4 Å². The molecular formula is C14H19ClN2O. The molecule has 0 aliphatic heterocycles.